The van der Waals surface area contributed by atoms with Crippen LogP contribution in [-0.2, 0) is 13.0 Å². The van der Waals surface area contributed by atoms with Gasteiger partial charge in [0.25, 0.3) is 0 Å². The van der Waals surface area contributed by atoms with Gasteiger partial charge in [-0.3, -0.25) is 9.36 Å². The SMILES string of the molecule is Cc1cc2c(C(N)=O)cccc2n1-c1nc2c(c(NCc3ccccc3)n1)OCC2. The van der Waals surface area contributed by atoms with Crippen LogP contribution < -0.4 is 15.8 Å². The number of carbonyl (C=O) groups excluding carboxylic acids is 1. The first-order valence-corrected chi connectivity index (χ1v) is 9.84. The largest absolute Gasteiger partial charge is 0.487 e. The van der Waals surface area contributed by atoms with Gasteiger partial charge in [-0.25, -0.2) is 4.98 Å². The Hall–Kier alpha value is -3.87. The molecule has 2 aromatic carbocycles. The minimum atomic E-state index is -0.453. The molecule has 0 fully saturated rings. The number of amides is 1. The van der Waals surface area contributed by atoms with E-state index in [2.05, 4.69) is 17.4 Å². The van der Waals surface area contributed by atoms with Crippen molar-refractivity contribution in [3.63, 3.8) is 0 Å². The van der Waals surface area contributed by atoms with Crippen LogP contribution in [0.2, 0.25) is 0 Å². The maximum absolute atomic E-state index is 11.9. The van der Waals surface area contributed by atoms with Crippen molar-refractivity contribution in [1.82, 2.24) is 14.5 Å². The van der Waals surface area contributed by atoms with Crippen molar-refractivity contribution in [1.29, 1.82) is 0 Å². The standard InChI is InChI=1S/C23H21N5O2/c1-14-12-17-16(21(24)29)8-5-9-19(17)28(14)23-26-18-10-11-30-20(18)22(27-23)25-13-15-6-3-2-4-7-15/h2-9,12H,10-11,13H2,1H3,(H2,24,29)(H,25,26,27). The second-order valence-electron chi connectivity index (χ2n) is 7.31. The van der Waals surface area contributed by atoms with E-state index in [9.17, 15) is 4.79 Å². The monoisotopic (exact) mass is 399 g/mol. The highest BCUT2D eigenvalue weighted by Crippen LogP contribution is 2.34. The van der Waals surface area contributed by atoms with Gasteiger partial charge in [-0.1, -0.05) is 36.4 Å². The molecule has 1 aliphatic heterocycles. The number of nitrogens with two attached hydrogens (primary N) is 1. The first-order valence-electron chi connectivity index (χ1n) is 9.84. The highest BCUT2D eigenvalue weighted by molar-refractivity contribution is 6.06. The maximum atomic E-state index is 11.9. The third-order valence-corrected chi connectivity index (χ3v) is 5.31. The zero-order valence-corrected chi connectivity index (χ0v) is 16.6. The number of ether oxygens (including phenoxy) is 1. The number of aryl methyl sites for hydroxylation is 1. The number of rotatable bonds is 5. The lowest BCUT2D eigenvalue weighted by atomic mass is 10.1. The second-order valence-corrected chi connectivity index (χ2v) is 7.31. The number of nitrogens with zero attached hydrogens (tertiary/aromatic N) is 3. The Balaban J connectivity index is 1.61. The zero-order valence-electron chi connectivity index (χ0n) is 16.6. The molecule has 1 aliphatic rings. The molecule has 0 radical (unpaired) electrons. The molecule has 7 heteroatoms. The van der Waals surface area contributed by atoms with E-state index in [0.717, 1.165) is 34.3 Å². The molecule has 150 valence electrons. The maximum Gasteiger partial charge on any atom is 0.249 e. The molecule has 0 unspecified atom stereocenters. The zero-order chi connectivity index (χ0) is 20.7. The molecule has 1 amide bonds. The smallest absolute Gasteiger partial charge is 0.249 e. The number of nitrogens with one attached hydrogen (secondary N) is 1. The summed E-state index contributed by atoms with van der Waals surface area (Å²) in [6, 6.07) is 17.6. The van der Waals surface area contributed by atoms with Crippen molar-refractivity contribution in [2.24, 2.45) is 5.73 Å². The molecular formula is C23H21N5O2. The topological polar surface area (TPSA) is 95.1 Å². The minimum absolute atomic E-state index is 0.453. The molecule has 2 aromatic heterocycles. The molecule has 7 nitrogen and oxygen atoms in total. The van der Waals surface area contributed by atoms with Gasteiger partial charge in [0.2, 0.25) is 11.9 Å². The van der Waals surface area contributed by atoms with E-state index in [4.69, 9.17) is 20.4 Å². The first kappa shape index (κ1) is 18.2. The molecule has 3 N–H and O–H groups in total. The summed E-state index contributed by atoms with van der Waals surface area (Å²) >= 11 is 0. The summed E-state index contributed by atoms with van der Waals surface area (Å²) in [5, 5.41) is 4.19. The predicted molar refractivity (Wildman–Crippen MR) is 115 cm³/mol. The molecule has 30 heavy (non-hydrogen) atoms. The molecule has 0 saturated heterocycles. The predicted octanol–water partition coefficient (Wildman–Crippen LogP) is 3.37. The van der Waals surface area contributed by atoms with Crippen molar-refractivity contribution >= 4 is 22.6 Å². The van der Waals surface area contributed by atoms with Crippen LogP contribution in [0.1, 0.15) is 27.3 Å². The van der Waals surface area contributed by atoms with Crippen molar-refractivity contribution in [2.75, 3.05) is 11.9 Å². The number of primary amides is 1. The molecular weight excluding hydrogens is 378 g/mol. The Kier molecular flexibility index (Phi) is 4.35. The van der Waals surface area contributed by atoms with E-state index in [1.54, 1.807) is 6.07 Å². The normalized spacial score (nSPS) is 12.6. The van der Waals surface area contributed by atoms with Crippen molar-refractivity contribution in [3.8, 4) is 11.7 Å². The number of fused-ring (bicyclic) bond motifs is 2. The highest BCUT2D eigenvalue weighted by Gasteiger charge is 2.23. The average Bonchev–Trinajstić information content (AvgIpc) is 3.35. The van der Waals surface area contributed by atoms with Crippen LogP contribution in [0, 0.1) is 6.92 Å². The number of aromatic nitrogens is 3. The summed E-state index contributed by atoms with van der Waals surface area (Å²) in [4.78, 5) is 21.4. The Bertz CT molecular complexity index is 1260. The molecule has 0 bridgehead atoms. The van der Waals surface area contributed by atoms with Crippen LogP contribution in [0.3, 0.4) is 0 Å². The summed E-state index contributed by atoms with van der Waals surface area (Å²) in [6.45, 7) is 3.18. The van der Waals surface area contributed by atoms with E-state index < -0.39 is 5.91 Å². The number of hydrogen-bond donors (Lipinski definition) is 2. The van der Waals surface area contributed by atoms with E-state index in [-0.39, 0.29) is 0 Å². The van der Waals surface area contributed by atoms with Gasteiger partial charge < -0.3 is 15.8 Å². The Morgan fingerprint density at radius 1 is 1.17 bits per heavy atom. The second kappa shape index (κ2) is 7.18. The van der Waals surface area contributed by atoms with E-state index in [1.165, 1.54) is 0 Å². The molecule has 3 heterocycles. The van der Waals surface area contributed by atoms with Crippen molar-refractivity contribution in [3.05, 3.63) is 77.1 Å². The Morgan fingerprint density at radius 2 is 2.00 bits per heavy atom. The fraction of sp³-hybridized carbons (Fsp3) is 0.174. The third kappa shape index (κ3) is 3.04. The molecule has 4 aromatic rings. The van der Waals surface area contributed by atoms with Crippen LogP contribution in [0.25, 0.3) is 16.9 Å². The summed E-state index contributed by atoms with van der Waals surface area (Å²) in [7, 11) is 0. The van der Waals surface area contributed by atoms with Gasteiger partial charge in [0.1, 0.15) is 0 Å². The number of carbonyl (C=O) groups is 1. The lowest BCUT2D eigenvalue weighted by Gasteiger charge is -2.13. The Labute approximate surface area is 173 Å². The summed E-state index contributed by atoms with van der Waals surface area (Å²) < 4.78 is 7.75. The molecule has 0 aliphatic carbocycles. The van der Waals surface area contributed by atoms with Crippen LogP contribution in [-0.4, -0.2) is 27.0 Å². The number of hydrogen-bond acceptors (Lipinski definition) is 5. The quantitative estimate of drug-likeness (QED) is 0.536. The lowest BCUT2D eigenvalue weighted by molar-refractivity contribution is 0.100. The summed E-state index contributed by atoms with van der Waals surface area (Å²) in [5.74, 6) is 1.47. The van der Waals surface area contributed by atoms with Crippen LogP contribution in [0.5, 0.6) is 5.75 Å². The highest BCUT2D eigenvalue weighted by atomic mass is 16.5. The number of benzene rings is 2. The van der Waals surface area contributed by atoms with Crippen LogP contribution in [0.15, 0.2) is 54.6 Å². The Morgan fingerprint density at radius 3 is 2.80 bits per heavy atom. The molecule has 0 atom stereocenters. The van der Waals surface area contributed by atoms with Crippen molar-refractivity contribution < 1.29 is 9.53 Å². The fourth-order valence-electron chi connectivity index (χ4n) is 3.90. The van der Waals surface area contributed by atoms with Gasteiger partial charge in [0.05, 0.1) is 17.8 Å². The molecule has 5 rings (SSSR count). The van der Waals surface area contributed by atoms with Gasteiger partial charge in [-0.2, -0.15) is 4.98 Å². The average molecular weight is 399 g/mol. The first-order chi connectivity index (χ1) is 14.6. The van der Waals surface area contributed by atoms with Gasteiger partial charge in [0.15, 0.2) is 11.6 Å². The number of anilines is 1. The van der Waals surface area contributed by atoms with Crippen LogP contribution >= 0.6 is 0 Å². The van der Waals surface area contributed by atoms with Gasteiger partial charge >= 0.3 is 0 Å². The van der Waals surface area contributed by atoms with Crippen LogP contribution in [0.4, 0.5) is 5.82 Å². The molecule has 0 spiro atoms. The van der Waals surface area contributed by atoms with E-state index in [0.29, 0.717) is 36.2 Å². The van der Waals surface area contributed by atoms with Gasteiger partial charge in [-0.15, -0.1) is 0 Å². The third-order valence-electron chi connectivity index (χ3n) is 5.31. The summed E-state index contributed by atoms with van der Waals surface area (Å²) in [6.07, 6.45) is 0.732. The van der Waals surface area contributed by atoms with Gasteiger partial charge in [-0.05, 0) is 30.7 Å². The van der Waals surface area contributed by atoms with Crippen molar-refractivity contribution in [2.45, 2.75) is 19.9 Å². The minimum Gasteiger partial charge on any atom is -0.487 e. The van der Waals surface area contributed by atoms with Gasteiger partial charge in [0, 0.05) is 29.6 Å². The van der Waals surface area contributed by atoms with E-state index in [1.807, 2.05) is 47.9 Å². The lowest BCUT2D eigenvalue weighted by Crippen LogP contribution is -2.11. The molecule has 0 saturated carbocycles. The fourth-order valence-corrected chi connectivity index (χ4v) is 3.90. The summed E-state index contributed by atoms with van der Waals surface area (Å²) in [5.41, 5.74) is 9.85. The van der Waals surface area contributed by atoms with E-state index >= 15 is 0 Å².